The van der Waals surface area contributed by atoms with Crippen molar-refractivity contribution in [3.63, 3.8) is 0 Å². The van der Waals surface area contributed by atoms with E-state index >= 15 is 0 Å². The van der Waals surface area contributed by atoms with Gasteiger partial charge >= 0.3 is 0 Å². The Morgan fingerprint density at radius 2 is 1.82 bits per heavy atom. The van der Waals surface area contributed by atoms with Crippen LogP contribution >= 0.6 is 11.8 Å². The quantitative estimate of drug-likeness (QED) is 0.494. The molecule has 2 N–H and O–H groups in total. The van der Waals surface area contributed by atoms with Gasteiger partial charge in [-0.05, 0) is 30.3 Å². The van der Waals surface area contributed by atoms with Crippen LogP contribution in [0.15, 0.2) is 59.5 Å². The average Bonchev–Trinajstić information content (AvgIpc) is 2.36. The molecule has 84 valence electrons. The number of anilines is 1. The third kappa shape index (κ3) is 3.90. The highest BCUT2D eigenvalue weighted by atomic mass is 32.2. The molecule has 0 radical (unpaired) electrons. The maximum atomic E-state index is 5.70. The van der Waals surface area contributed by atoms with Gasteiger partial charge in [-0.1, -0.05) is 36.1 Å². The monoisotopic (exact) mass is 239 g/mol. The molecule has 0 aliphatic carbocycles. The van der Waals surface area contributed by atoms with Crippen LogP contribution in [0.5, 0.6) is 0 Å². The molecule has 0 atom stereocenters. The van der Waals surface area contributed by atoms with Gasteiger partial charge in [0.2, 0.25) is 0 Å². The second-order valence-corrected chi connectivity index (χ2v) is 4.58. The van der Waals surface area contributed by atoms with Gasteiger partial charge in [-0.25, -0.2) is 0 Å². The lowest BCUT2D eigenvalue weighted by Crippen LogP contribution is -1.83. The lowest BCUT2D eigenvalue weighted by atomic mass is 10.2. The van der Waals surface area contributed by atoms with Gasteiger partial charge in [-0.3, -0.25) is 0 Å². The zero-order valence-corrected chi connectivity index (χ0v) is 10.2. The van der Waals surface area contributed by atoms with Crippen LogP contribution < -0.4 is 5.73 Å². The molecule has 2 rings (SSSR count). The van der Waals surface area contributed by atoms with Crippen LogP contribution in [-0.4, -0.2) is 5.75 Å². The van der Waals surface area contributed by atoms with Crippen LogP contribution in [0.1, 0.15) is 5.56 Å². The molecule has 0 saturated carbocycles. The zero-order chi connectivity index (χ0) is 11.9. The van der Waals surface area contributed by atoms with Crippen LogP contribution in [-0.2, 0) is 0 Å². The van der Waals surface area contributed by atoms with Gasteiger partial charge in [0.15, 0.2) is 0 Å². The number of nitrogen functional groups attached to an aromatic ring is 1. The summed E-state index contributed by atoms with van der Waals surface area (Å²) in [6, 6.07) is 17.9. The Hall–Kier alpha value is -1.85. The highest BCUT2D eigenvalue weighted by Gasteiger charge is 1.91. The van der Waals surface area contributed by atoms with Gasteiger partial charge in [-0.2, -0.15) is 0 Å². The molecule has 0 heterocycles. The number of rotatable bonds is 2. The van der Waals surface area contributed by atoms with E-state index in [2.05, 4.69) is 11.8 Å². The molecule has 0 fully saturated rings. The SMILES string of the molecule is Nc1cccc(SCC#Cc2ccccc2)c1. The van der Waals surface area contributed by atoms with E-state index < -0.39 is 0 Å². The number of thioether (sulfide) groups is 1. The minimum Gasteiger partial charge on any atom is -0.399 e. The molecular formula is C15H13NS. The lowest BCUT2D eigenvalue weighted by molar-refractivity contribution is 1.46. The number of benzene rings is 2. The largest absolute Gasteiger partial charge is 0.399 e. The van der Waals surface area contributed by atoms with E-state index in [0.29, 0.717) is 0 Å². The van der Waals surface area contributed by atoms with Crippen molar-refractivity contribution in [1.82, 2.24) is 0 Å². The number of hydrogen-bond acceptors (Lipinski definition) is 2. The van der Waals surface area contributed by atoms with E-state index in [-0.39, 0.29) is 0 Å². The van der Waals surface area contributed by atoms with Crippen molar-refractivity contribution in [3.05, 3.63) is 60.2 Å². The standard InChI is InChI=1S/C15H13NS/c16-14-9-4-10-15(12-14)17-11-5-8-13-6-2-1-3-7-13/h1-4,6-7,9-10,12H,11,16H2. The molecule has 17 heavy (non-hydrogen) atoms. The van der Waals surface area contributed by atoms with E-state index in [1.807, 2.05) is 54.6 Å². The zero-order valence-electron chi connectivity index (χ0n) is 9.39. The molecule has 2 aromatic carbocycles. The average molecular weight is 239 g/mol. The fourth-order valence-corrected chi connectivity index (χ4v) is 2.09. The third-order valence-electron chi connectivity index (χ3n) is 2.18. The summed E-state index contributed by atoms with van der Waals surface area (Å²) in [5.41, 5.74) is 7.56. The van der Waals surface area contributed by atoms with E-state index in [1.165, 1.54) is 0 Å². The Labute approximate surface area is 106 Å². The lowest BCUT2D eigenvalue weighted by Gasteiger charge is -1.97. The summed E-state index contributed by atoms with van der Waals surface area (Å²) in [7, 11) is 0. The number of nitrogens with two attached hydrogens (primary N) is 1. The normalized spacial score (nSPS) is 9.41. The van der Waals surface area contributed by atoms with Crippen LogP contribution in [0, 0.1) is 11.8 Å². The summed E-state index contributed by atoms with van der Waals surface area (Å²) >= 11 is 1.70. The highest BCUT2D eigenvalue weighted by Crippen LogP contribution is 2.19. The summed E-state index contributed by atoms with van der Waals surface area (Å²) in [4.78, 5) is 1.16. The second-order valence-electron chi connectivity index (χ2n) is 3.53. The summed E-state index contributed by atoms with van der Waals surface area (Å²) < 4.78 is 0. The first-order chi connectivity index (χ1) is 8.34. The molecule has 0 spiro atoms. The summed E-state index contributed by atoms with van der Waals surface area (Å²) in [5.74, 6) is 7.05. The van der Waals surface area contributed by atoms with Crippen molar-refractivity contribution in [2.45, 2.75) is 4.90 Å². The Bertz CT molecular complexity index is 538. The van der Waals surface area contributed by atoms with Crippen LogP contribution in [0.2, 0.25) is 0 Å². The minimum atomic E-state index is 0.776. The molecule has 0 aromatic heterocycles. The smallest absolute Gasteiger partial charge is 0.0598 e. The second kappa shape index (κ2) is 6.03. The molecule has 0 aliphatic rings. The van der Waals surface area contributed by atoms with E-state index in [0.717, 1.165) is 21.9 Å². The van der Waals surface area contributed by atoms with Gasteiger partial charge in [0, 0.05) is 16.1 Å². The van der Waals surface area contributed by atoms with Crippen molar-refractivity contribution in [2.75, 3.05) is 11.5 Å². The van der Waals surface area contributed by atoms with Crippen molar-refractivity contribution in [2.24, 2.45) is 0 Å². The Morgan fingerprint density at radius 3 is 2.59 bits per heavy atom. The van der Waals surface area contributed by atoms with E-state index in [9.17, 15) is 0 Å². The van der Waals surface area contributed by atoms with Gasteiger partial charge in [0.25, 0.3) is 0 Å². The molecular weight excluding hydrogens is 226 g/mol. The van der Waals surface area contributed by atoms with Crippen molar-refractivity contribution >= 4 is 17.4 Å². The summed E-state index contributed by atoms with van der Waals surface area (Å²) in [6.07, 6.45) is 0. The summed E-state index contributed by atoms with van der Waals surface area (Å²) in [6.45, 7) is 0. The van der Waals surface area contributed by atoms with Crippen LogP contribution in [0.25, 0.3) is 0 Å². The molecule has 0 bridgehead atoms. The minimum absolute atomic E-state index is 0.776. The molecule has 0 saturated heterocycles. The fourth-order valence-electron chi connectivity index (χ4n) is 1.38. The maximum absolute atomic E-state index is 5.70. The highest BCUT2D eigenvalue weighted by molar-refractivity contribution is 7.99. The Morgan fingerprint density at radius 1 is 1.00 bits per heavy atom. The predicted octanol–water partition coefficient (Wildman–Crippen LogP) is 3.41. The first kappa shape index (κ1) is 11.6. The van der Waals surface area contributed by atoms with Gasteiger partial charge in [0.05, 0.1) is 5.75 Å². The van der Waals surface area contributed by atoms with E-state index in [1.54, 1.807) is 11.8 Å². The molecule has 2 aromatic rings. The fraction of sp³-hybridized carbons (Fsp3) is 0.0667. The van der Waals surface area contributed by atoms with E-state index in [4.69, 9.17) is 5.73 Å². The Kier molecular flexibility index (Phi) is 4.12. The van der Waals surface area contributed by atoms with Crippen LogP contribution in [0.3, 0.4) is 0 Å². The first-order valence-corrected chi connectivity index (χ1v) is 6.35. The number of hydrogen-bond donors (Lipinski definition) is 1. The topological polar surface area (TPSA) is 26.0 Å². The van der Waals surface area contributed by atoms with Gasteiger partial charge in [-0.15, -0.1) is 11.8 Å². The van der Waals surface area contributed by atoms with Crippen molar-refractivity contribution < 1.29 is 0 Å². The van der Waals surface area contributed by atoms with Gasteiger partial charge < -0.3 is 5.73 Å². The molecule has 0 amide bonds. The van der Waals surface area contributed by atoms with Crippen molar-refractivity contribution in [3.8, 4) is 11.8 Å². The molecule has 0 aliphatic heterocycles. The molecule has 2 heteroatoms. The van der Waals surface area contributed by atoms with Gasteiger partial charge in [0.1, 0.15) is 0 Å². The third-order valence-corrected chi connectivity index (χ3v) is 3.05. The molecule has 1 nitrogen and oxygen atoms in total. The van der Waals surface area contributed by atoms with Crippen molar-refractivity contribution in [1.29, 1.82) is 0 Å². The predicted molar refractivity (Wildman–Crippen MR) is 74.9 cm³/mol. The maximum Gasteiger partial charge on any atom is 0.0598 e. The Balaban J connectivity index is 1.90. The first-order valence-electron chi connectivity index (χ1n) is 5.37. The van der Waals surface area contributed by atoms with Crippen LogP contribution in [0.4, 0.5) is 5.69 Å². The summed E-state index contributed by atoms with van der Waals surface area (Å²) in [5, 5.41) is 0. The molecule has 0 unspecified atom stereocenters.